The third kappa shape index (κ3) is 3.92. The molecule has 2 rings (SSSR count). The van der Waals surface area contributed by atoms with Crippen molar-refractivity contribution < 1.29 is 4.39 Å². The summed E-state index contributed by atoms with van der Waals surface area (Å²) in [5, 5.41) is 3.75. The highest BCUT2D eigenvalue weighted by Gasteiger charge is 2.23. The number of rotatable bonds is 5. The van der Waals surface area contributed by atoms with Gasteiger partial charge in [0.2, 0.25) is 0 Å². The van der Waals surface area contributed by atoms with Crippen molar-refractivity contribution in [2.45, 2.75) is 58.5 Å². The Morgan fingerprint density at radius 1 is 1.25 bits per heavy atom. The van der Waals surface area contributed by atoms with E-state index in [-0.39, 0.29) is 5.82 Å². The van der Waals surface area contributed by atoms with Crippen LogP contribution in [0, 0.1) is 11.7 Å². The lowest BCUT2D eigenvalue weighted by atomic mass is 9.87. The minimum atomic E-state index is -0.161. The van der Waals surface area contributed by atoms with Crippen molar-refractivity contribution in [2.75, 3.05) is 0 Å². The van der Waals surface area contributed by atoms with Crippen molar-refractivity contribution >= 4 is 5.57 Å². The molecule has 1 aliphatic rings. The first kappa shape index (κ1) is 15.2. The lowest BCUT2D eigenvalue weighted by Gasteiger charge is -2.33. The molecule has 0 aromatic heterocycles. The predicted octanol–water partition coefficient (Wildman–Crippen LogP) is 4.79. The van der Waals surface area contributed by atoms with E-state index in [9.17, 15) is 4.39 Å². The van der Waals surface area contributed by atoms with E-state index in [1.54, 1.807) is 12.1 Å². The van der Waals surface area contributed by atoms with Gasteiger partial charge in [0.1, 0.15) is 5.82 Å². The second-order valence-electron chi connectivity index (χ2n) is 6.18. The zero-order valence-corrected chi connectivity index (χ0v) is 12.8. The van der Waals surface area contributed by atoms with Crippen molar-refractivity contribution in [3.63, 3.8) is 0 Å². The summed E-state index contributed by atoms with van der Waals surface area (Å²) in [6, 6.07) is 7.90. The van der Waals surface area contributed by atoms with Crippen LogP contribution in [-0.2, 0) is 0 Å². The minimum Gasteiger partial charge on any atom is -0.307 e. The molecule has 0 saturated carbocycles. The van der Waals surface area contributed by atoms with Gasteiger partial charge in [0, 0.05) is 12.1 Å². The molecule has 2 atom stereocenters. The van der Waals surface area contributed by atoms with Crippen molar-refractivity contribution in [3.8, 4) is 0 Å². The zero-order valence-electron chi connectivity index (χ0n) is 12.8. The number of nitrogens with one attached hydrogen (secondary N) is 1. The monoisotopic (exact) mass is 275 g/mol. The smallest absolute Gasteiger partial charge is 0.123 e. The first-order chi connectivity index (χ1) is 9.60. The average Bonchev–Trinajstić information content (AvgIpc) is 2.45. The molecule has 1 aromatic carbocycles. The third-order valence-electron chi connectivity index (χ3n) is 4.11. The van der Waals surface area contributed by atoms with Crippen LogP contribution < -0.4 is 5.32 Å². The van der Waals surface area contributed by atoms with Gasteiger partial charge >= 0.3 is 0 Å². The summed E-state index contributed by atoms with van der Waals surface area (Å²) in [5.74, 6) is 0.418. The Labute approximate surface area is 122 Å². The molecule has 0 bridgehead atoms. The molecule has 0 amide bonds. The van der Waals surface area contributed by atoms with Gasteiger partial charge in [-0.1, -0.05) is 51.8 Å². The highest BCUT2D eigenvalue weighted by atomic mass is 19.1. The molecule has 1 N–H and O–H groups in total. The van der Waals surface area contributed by atoms with E-state index in [2.05, 4.69) is 32.2 Å². The summed E-state index contributed by atoms with van der Waals surface area (Å²) in [6.45, 7) is 6.73. The van der Waals surface area contributed by atoms with Crippen LogP contribution in [0.2, 0.25) is 0 Å². The molecule has 1 heterocycles. The Hall–Kier alpha value is -1.15. The molecule has 0 fully saturated rings. The standard InChI is InChI=1S/C18H26FN/c1-4-5-6-17-11-15(12-18(20-17)13(2)3)14-7-9-16(19)10-8-14/h7-10,12-13,17-18,20H,4-6,11H2,1-3H3. The minimum absolute atomic E-state index is 0.161. The molecule has 1 aliphatic heterocycles. The molecule has 2 unspecified atom stereocenters. The Morgan fingerprint density at radius 3 is 2.55 bits per heavy atom. The van der Waals surface area contributed by atoms with Gasteiger partial charge in [0.25, 0.3) is 0 Å². The van der Waals surface area contributed by atoms with Gasteiger partial charge in [0.05, 0.1) is 0 Å². The molecule has 110 valence electrons. The predicted molar refractivity (Wildman–Crippen MR) is 84.1 cm³/mol. The van der Waals surface area contributed by atoms with Gasteiger partial charge in [-0.3, -0.25) is 0 Å². The Balaban J connectivity index is 2.18. The topological polar surface area (TPSA) is 12.0 Å². The van der Waals surface area contributed by atoms with Crippen LogP contribution in [0.5, 0.6) is 0 Å². The highest BCUT2D eigenvalue weighted by molar-refractivity contribution is 5.67. The number of unbranched alkanes of at least 4 members (excludes halogenated alkanes) is 1. The summed E-state index contributed by atoms with van der Waals surface area (Å²) in [7, 11) is 0. The van der Waals surface area contributed by atoms with E-state index < -0.39 is 0 Å². The fourth-order valence-electron chi connectivity index (χ4n) is 2.83. The van der Waals surface area contributed by atoms with Crippen LogP contribution >= 0.6 is 0 Å². The molecule has 0 spiro atoms. The average molecular weight is 275 g/mol. The largest absolute Gasteiger partial charge is 0.307 e. The van der Waals surface area contributed by atoms with Gasteiger partial charge in [-0.15, -0.1) is 0 Å². The summed E-state index contributed by atoms with van der Waals surface area (Å²) >= 11 is 0. The Kier molecular flexibility index (Phi) is 5.36. The second kappa shape index (κ2) is 7.03. The molecule has 1 nitrogen and oxygen atoms in total. The van der Waals surface area contributed by atoms with Crippen LogP contribution in [0.1, 0.15) is 52.0 Å². The maximum absolute atomic E-state index is 13.1. The van der Waals surface area contributed by atoms with Crippen LogP contribution in [0.15, 0.2) is 30.3 Å². The molecular formula is C18H26FN. The lowest BCUT2D eigenvalue weighted by Crippen LogP contribution is -2.43. The molecule has 20 heavy (non-hydrogen) atoms. The van der Waals surface area contributed by atoms with Gasteiger partial charge in [0.15, 0.2) is 0 Å². The van der Waals surface area contributed by atoms with Crippen molar-refractivity contribution in [3.05, 3.63) is 41.7 Å². The fraction of sp³-hybridized carbons (Fsp3) is 0.556. The SMILES string of the molecule is CCCCC1CC(c2ccc(F)cc2)=CC(C(C)C)N1. The number of halogens is 1. The van der Waals surface area contributed by atoms with Crippen molar-refractivity contribution in [2.24, 2.45) is 5.92 Å². The van der Waals surface area contributed by atoms with Gasteiger partial charge in [-0.2, -0.15) is 0 Å². The van der Waals surface area contributed by atoms with Crippen LogP contribution in [-0.4, -0.2) is 12.1 Å². The highest BCUT2D eigenvalue weighted by Crippen LogP contribution is 2.28. The second-order valence-corrected chi connectivity index (χ2v) is 6.18. The summed E-state index contributed by atoms with van der Waals surface area (Å²) in [6.07, 6.45) is 7.10. The lowest BCUT2D eigenvalue weighted by molar-refractivity contribution is 0.369. The van der Waals surface area contributed by atoms with Gasteiger partial charge in [-0.05, 0) is 42.0 Å². The van der Waals surface area contributed by atoms with E-state index in [0.29, 0.717) is 18.0 Å². The van der Waals surface area contributed by atoms with E-state index in [1.807, 2.05) is 12.1 Å². The summed E-state index contributed by atoms with van der Waals surface area (Å²) in [5.41, 5.74) is 2.53. The molecule has 0 radical (unpaired) electrons. The van der Waals surface area contributed by atoms with E-state index in [4.69, 9.17) is 0 Å². The summed E-state index contributed by atoms with van der Waals surface area (Å²) < 4.78 is 13.1. The summed E-state index contributed by atoms with van der Waals surface area (Å²) in [4.78, 5) is 0. The Morgan fingerprint density at radius 2 is 1.95 bits per heavy atom. The fourth-order valence-corrected chi connectivity index (χ4v) is 2.83. The first-order valence-corrected chi connectivity index (χ1v) is 7.82. The number of hydrogen-bond donors (Lipinski definition) is 1. The molecule has 0 saturated heterocycles. The van der Waals surface area contributed by atoms with Crippen LogP contribution in [0.4, 0.5) is 4.39 Å². The van der Waals surface area contributed by atoms with E-state index >= 15 is 0 Å². The maximum Gasteiger partial charge on any atom is 0.123 e. The van der Waals surface area contributed by atoms with E-state index in [1.165, 1.54) is 30.4 Å². The molecule has 0 aliphatic carbocycles. The van der Waals surface area contributed by atoms with Crippen molar-refractivity contribution in [1.82, 2.24) is 5.32 Å². The zero-order chi connectivity index (χ0) is 14.5. The van der Waals surface area contributed by atoms with E-state index in [0.717, 1.165) is 6.42 Å². The Bertz CT molecular complexity index is 447. The van der Waals surface area contributed by atoms with Crippen LogP contribution in [0.3, 0.4) is 0 Å². The number of hydrogen-bond acceptors (Lipinski definition) is 1. The van der Waals surface area contributed by atoms with Gasteiger partial charge in [-0.25, -0.2) is 4.39 Å². The molecular weight excluding hydrogens is 249 g/mol. The molecule has 1 aromatic rings. The normalized spacial score (nSPS) is 22.9. The van der Waals surface area contributed by atoms with Gasteiger partial charge < -0.3 is 5.32 Å². The third-order valence-corrected chi connectivity index (χ3v) is 4.11. The van der Waals surface area contributed by atoms with Crippen LogP contribution in [0.25, 0.3) is 5.57 Å². The quantitative estimate of drug-likeness (QED) is 0.815. The maximum atomic E-state index is 13.1. The van der Waals surface area contributed by atoms with Crippen molar-refractivity contribution in [1.29, 1.82) is 0 Å². The molecule has 2 heteroatoms. The number of benzene rings is 1. The first-order valence-electron chi connectivity index (χ1n) is 7.82.